The summed E-state index contributed by atoms with van der Waals surface area (Å²) in [5, 5.41) is 6.93. The van der Waals surface area contributed by atoms with E-state index < -0.39 is 14.6 Å². The van der Waals surface area contributed by atoms with E-state index in [0.717, 1.165) is 17.2 Å². The number of sulfone groups is 1. The van der Waals surface area contributed by atoms with Gasteiger partial charge in [-0.05, 0) is 25.8 Å². The maximum atomic E-state index is 12.6. The molecule has 3 aromatic rings. The summed E-state index contributed by atoms with van der Waals surface area (Å²) in [5.41, 5.74) is 2.76. The molecule has 1 saturated heterocycles. The van der Waals surface area contributed by atoms with Gasteiger partial charge in [0.2, 0.25) is 0 Å². The first-order valence-electron chi connectivity index (χ1n) is 9.33. The second-order valence-corrected chi connectivity index (χ2v) is 9.97. The molecular formula is C18H22N6O3S. The second-order valence-electron chi connectivity index (χ2n) is 7.64. The van der Waals surface area contributed by atoms with Crippen LogP contribution in [0.3, 0.4) is 0 Å². The van der Waals surface area contributed by atoms with E-state index in [-0.39, 0.29) is 6.04 Å². The predicted molar refractivity (Wildman–Crippen MR) is 104 cm³/mol. The lowest BCUT2D eigenvalue weighted by molar-refractivity contribution is 0.0985. The molecule has 1 atom stereocenters. The lowest BCUT2D eigenvalue weighted by atomic mass is 10.2. The van der Waals surface area contributed by atoms with Crippen molar-refractivity contribution in [2.75, 3.05) is 30.9 Å². The molecule has 4 heterocycles. The van der Waals surface area contributed by atoms with Crippen LogP contribution in [0.5, 0.6) is 0 Å². The fourth-order valence-corrected chi connectivity index (χ4v) is 5.41. The van der Waals surface area contributed by atoms with Gasteiger partial charge in [-0.3, -0.25) is 9.50 Å². The first-order valence-corrected chi connectivity index (χ1v) is 11.2. The molecule has 0 spiro atoms. The van der Waals surface area contributed by atoms with Crippen LogP contribution < -0.4 is 4.90 Å². The average Bonchev–Trinajstić information content (AvgIpc) is 3.11. The number of anilines is 1. The molecule has 2 fully saturated rings. The summed E-state index contributed by atoms with van der Waals surface area (Å²) < 4.78 is 31.8. The summed E-state index contributed by atoms with van der Waals surface area (Å²) in [6, 6.07) is 3.90. The fraction of sp³-hybridized carbons (Fsp3) is 0.500. The SMILES string of the molecule is CC1COCCN1c1cc(C2(S(C)(=O)=O)CC2)n2cnc(-c3ccn[nH]3)c2n1. The van der Waals surface area contributed by atoms with E-state index in [4.69, 9.17) is 9.72 Å². The summed E-state index contributed by atoms with van der Waals surface area (Å²) in [7, 11) is -3.28. The Hall–Kier alpha value is -2.46. The zero-order valence-corrected chi connectivity index (χ0v) is 16.6. The van der Waals surface area contributed by atoms with Gasteiger partial charge in [-0.2, -0.15) is 5.10 Å². The number of ether oxygens (including phenoxy) is 1. The van der Waals surface area contributed by atoms with E-state index in [1.165, 1.54) is 6.26 Å². The van der Waals surface area contributed by atoms with E-state index in [0.29, 0.717) is 43.9 Å². The van der Waals surface area contributed by atoms with Gasteiger partial charge in [0, 0.05) is 25.1 Å². The molecule has 0 bridgehead atoms. The van der Waals surface area contributed by atoms with Gasteiger partial charge in [0.05, 0.1) is 30.6 Å². The summed E-state index contributed by atoms with van der Waals surface area (Å²) in [6.45, 7) is 4.03. The van der Waals surface area contributed by atoms with Crippen molar-refractivity contribution in [3.8, 4) is 11.4 Å². The molecule has 0 amide bonds. The first-order chi connectivity index (χ1) is 13.4. The van der Waals surface area contributed by atoms with Crippen molar-refractivity contribution < 1.29 is 13.2 Å². The van der Waals surface area contributed by atoms with Crippen LogP contribution in [0.1, 0.15) is 25.5 Å². The topological polar surface area (TPSA) is 105 Å². The number of aromatic nitrogens is 5. The van der Waals surface area contributed by atoms with Gasteiger partial charge < -0.3 is 9.64 Å². The number of hydrogen-bond acceptors (Lipinski definition) is 7. The number of hydrogen-bond donors (Lipinski definition) is 1. The minimum atomic E-state index is -3.28. The Balaban J connectivity index is 1.76. The number of nitrogens with one attached hydrogen (secondary N) is 1. The van der Waals surface area contributed by atoms with E-state index in [9.17, 15) is 8.42 Å². The Labute approximate surface area is 162 Å². The van der Waals surface area contributed by atoms with Crippen molar-refractivity contribution in [3.05, 3.63) is 30.4 Å². The van der Waals surface area contributed by atoms with Crippen molar-refractivity contribution in [2.45, 2.75) is 30.6 Å². The highest BCUT2D eigenvalue weighted by Crippen LogP contribution is 2.53. The first kappa shape index (κ1) is 17.6. The smallest absolute Gasteiger partial charge is 0.168 e. The van der Waals surface area contributed by atoms with E-state index in [1.807, 2.05) is 16.5 Å². The van der Waals surface area contributed by atoms with Crippen molar-refractivity contribution in [1.29, 1.82) is 0 Å². The highest BCUT2D eigenvalue weighted by Gasteiger charge is 2.55. The van der Waals surface area contributed by atoms with Crippen molar-refractivity contribution in [3.63, 3.8) is 0 Å². The number of nitrogens with zero attached hydrogens (tertiary/aromatic N) is 5. The van der Waals surface area contributed by atoms with Crippen LogP contribution >= 0.6 is 0 Å². The minimum Gasteiger partial charge on any atom is -0.377 e. The van der Waals surface area contributed by atoms with Gasteiger partial charge in [0.1, 0.15) is 22.6 Å². The summed E-state index contributed by atoms with van der Waals surface area (Å²) in [4.78, 5) is 11.6. The number of fused-ring (bicyclic) bond motifs is 1. The van der Waals surface area contributed by atoms with E-state index in [2.05, 4.69) is 27.0 Å². The largest absolute Gasteiger partial charge is 0.377 e. The average molecular weight is 402 g/mol. The van der Waals surface area contributed by atoms with E-state index in [1.54, 1.807) is 12.5 Å². The number of imidazole rings is 1. The lowest BCUT2D eigenvalue weighted by Gasteiger charge is -2.34. The van der Waals surface area contributed by atoms with Crippen LogP contribution in [-0.2, 0) is 19.3 Å². The Morgan fingerprint density at radius 3 is 2.82 bits per heavy atom. The third-order valence-electron chi connectivity index (χ3n) is 5.79. The van der Waals surface area contributed by atoms with Crippen LogP contribution in [-0.4, -0.2) is 65.0 Å². The van der Waals surface area contributed by atoms with Crippen molar-refractivity contribution >= 4 is 21.3 Å². The fourth-order valence-electron chi connectivity index (χ4n) is 4.03. The Bertz CT molecular complexity index is 1130. The highest BCUT2D eigenvalue weighted by atomic mass is 32.2. The van der Waals surface area contributed by atoms with Crippen LogP contribution in [0, 0.1) is 0 Å². The van der Waals surface area contributed by atoms with E-state index >= 15 is 0 Å². The molecule has 2 aliphatic rings. The van der Waals surface area contributed by atoms with Gasteiger partial charge in [-0.25, -0.2) is 18.4 Å². The monoisotopic (exact) mass is 402 g/mol. The molecule has 5 rings (SSSR count). The van der Waals surface area contributed by atoms with Crippen LogP contribution in [0.4, 0.5) is 5.82 Å². The highest BCUT2D eigenvalue weighted by molar-refractivity contribution is 7.91. The molecule has 148 valence electrons. The second kappa shape index (κ2) is 6.02. The quantitative estimate of drug-likeness (QED) is 0.703. The molecule has 1 aliphatic carbocycles. The molecule has 0 aromatic carbocycles. The zero-order valence-electron chi connectivity index (χ0n) is 15.8. The molecule has 0 radical (unpaired) electrons. The minimum absolute atomic E-state index is 0.156. The molecule has 1 saturated carbocycles. The van der Waals surface area contributed by atoms with Crippen LogP contribution in [0.2, 0.25) is 0 Å². The maximum Gasteiger partial charge on any atom is 0.168 e. The number of H-pyrrole nitrogens is 1. The Morgan fingerprint density at radius 1 is 1.36 bits per heavy atom. The lowest BCUT2D eigenvalue weighted by Crippen LogP contribution is -2.44. The summed E-state index contributed by atoms with van der Waals surface area (Å²) in [5.74, 6) is 0.759. The molecular weight excluding hydrogens is 380 g/mol. The molecule has 9 nitrogen and oxygen atoms in total. The normalized spacial score (nSPS) is 21.9. The Kier molecular flexibility index (Phi) is 3.79. The van der Waals surface area contributed by atoms with Gasteiger partial charge in [-0.15, -0.1) is 0 Å². The standard InChI is InChI=1S/C18H22N6O3S/c1-12-10-27-8-7-23(12)15-9-14(18(4-5-18)28(2,25)26)24-11-19-16(17(24)21-15)13-3-6-20-22-13/h3,6,9,11-12H,4-5,7-8,10H2,1-2H3,(H,20,22). The third kappa shape index (κ3) is 2.55. The van der Waals surface area contributed by atoms with Gasteiger partial charge in [0.15, 0.2) is 15.5 Å². The van der Waals surface area contributed by atoms with Crippen LogP contribution in [0.25, 0.3) is 17.0 Å². The number of morpholine rings is 1. The van der Waals surface area contributed by atoms with Gasteiger partial charge in [0.25, 0.3) is 0 Å². The van der Waals surface area contributed by atoms with Crippen molar-refractivity contribution in [2.24, 2.45) is 0 Å². The zero-order chi connectivity index (χ0) is 19.5. The van der Waals surface area contributed by atoms with Gasteiger partial charge in [-0.1, -0.05) is 0 Å². The summed E-state index contributed by atoms with van der Waals surface area (Å²) in [6.07, 6.45) is 5.86. The molecule has 3 aromatic heterocycles. The predicted octanol–water partition coefficient (Wildman–Crippen LogP) is 1.38. The number of rotatable bonds is 4. The maximum absolute atomic E-state index is 12.6. The van der Waals surface area contributed by atoms with Crippen molar-refractivity contribution in [1.82, 2.24) is 24.6 Å². The van der Waals surface area contributed by atoms with Crippen LogP contribution in [0.15, 0.2) is 24.7 Å². The Morgan fingerprint density at radius 2 is 2.18 bits per heavy atom. The molecule has 1 N–H and O–H groups in total. The molecule has 10 heteroatoms. The summed E-state index contributed by atoms with van der Waals surface area (Å²) >= 11 is 0. The van der Waals surface area contributed by atoms with Gasteiger partial charge >= 0.3 is 0 Å². The number of aromatic amines is 1. The molecule has 28 heavy (non-hydrogen) atoms. The third-order valence-corrected chi connectivity index (χ3v) is 7.82. The molecule has 1 unspecified atom stereocenters. The molecule has 1 aliphatic heterocycles.